The topological polar surface area (TPSA) is 79.1 Å². The van der Waals surface area contributed by atoms with E-state index in [0.29, 0.717) is 0 Å². The first-order valence-corrected chi connectivity index (χ1v) is 5.74. The highest BCUT2D eigenvalue weighted by atomic mass is 16.4. The number of aromatic amines is 1. The van der Waals surface area contributed by atoms with Gasteiger partial charge in [0.25, 0.3) is 0 Å². The number of hydrogen-bond donors (Lipinski definition) is 3. The molecule has 2 aromatic rings. The molecule has 0 fully saturated rings. The van der Waals surface area contributed by atoms with Crippen molar-refractivity contribution in [3.8, 4) is 0 Å². The lowest BCUT2D eigenvalue weighted by molar-refractivity contribution is -0.138. The van der Waals surface area contributed by atoms with E-state index >= 15 is 0 Å². The first-order valence-electron chi connectivity index (χ1n) is 5.74. The Morgan fingerprint density at radius 1 is 1.50 bits per heavy atom. The number of carboxylic acids is 1. The zero-order valence-corrected chi connectivity index (χ0v) is 10.2. The molecule has 0 aliphatic carbocycles. The van der Waals surface area contributed by atoms with E-state index in [1.807, 2.05) is 31.2 Å². The van der Waals surface area contributed by atoms with Gasteiger partial charge in [-0.05, 0) is 18.6 Å². The molecule has 0 unspecified atom stereocenters. The third-order valence-corrected chi connectivity index (χ3v) is 3.20. The molecular weight excluding hydrogens is 228 g/mol. The molecule has 0 saturated carbocycles. The summed E-state index contributed by atoms with van der Waals surface area (Å²) in [6.45, 7) is 5.63. The minimum Gasteiger partial charge on any atom is -0.480 e. The summed E-state index contributed by atoms with van der Waals surface area (Å²) < 4.78 is 0. The van der Waals surface area contributed by atoms with Crippen molar-refractivity contribution in [3.63, 3.8) is 0 Å². The number of para-hydroxylation sites is 1. The maximum Gasteiger partial charge on any atom is 0.321 e. The molecule has 0 radical (unpaired) electrons. The number of nitrogens with one attached hydrogen (secondary N) is 1. The normalized spacial score (nSPS) is 14.3. The van der Waals surface area contributed by atoms with Gasteiger partial charge in [0.05, 0.1) is 0 Å². The highest BCUT2D eigenvalue weighted by Gasteiger charge is 2.26. The van der Waals surface area contributed by atoms with Crippen LogP contribution in [-0.2, 0) is 4.79 Å². The molecule has 1 heterocycles. The van der Waals surface area contributed by atoms with Crippen LogP contribution in [0.3, 0.4) is 0 Å². The maximum absolute atomic E-state index is 11.1. The second-order valence-electron chi connectivity index (χ2n) is 4.33. The maximum atomic E-state index is 11.1. The fraction of sp³-hybridized carbons (Fsp3) is 0.214. The summed E-state index contributed by atoms with van der Waals surface area (Å²) in [7, 11) is 0. The molecule has 94 valence electrons. The summed E-state index contributed by atoms with van der Waals surface area (Å²) in [4.78, 5) is 14.3. The van der Waals surface area contributed by atoms with Gasteiger partial charge in [-0.1, -0.05) is 24.3 Å². The largest absolute Gasteiger partial charge is 0.480 e. The Morgan fingerprint density at radius 3 is 2.78 bits per heavy atom. The summed E-state index contributed by atoms with van der Waals surface area (Å²) in [5.41, 5.74) is 8.56. The number of aromatic nitrogens is 1. The predicted octanol–water partition coefficient (Wildman–Crippen LogP) is 2.16. The average Bonchev–Trinajstić information content (AvgIpc) is 2.67. The van der Waals surface area contributed by atoms with Crippen LogP contribution in [0.4, 0.5) is 0 Å². The minimum absolute atomic E-state index is 0.404. The van der Waals surface area contributed by atoms with Crippen molar-refractivity contribution >= 4 is 16.9 Å². The number of hydrogen-bond acceptors (Lipinski definition) is 2. The number of aliphatic carboxylic acids is 1. The van der Waals surface area contributed by atoms with Gasteiger partial charge in [0.15, 0.2) is 0 Å². The van der Waals surface area contributed by atoms with Crippen LogP contribution < -0.4 is 5.73 Å². The lowest BCUT2D eigenvalue weighted by Gasteiger charge is -2.17. The van der Waals surface area contributed by atoms with Gasteiger partial charge >= 0.3 is 5.97 Å². The minimum atomic E-state index is -1.02. The quantitative estimate of drug-likeness (QED) is 0.721. The smallest absolute Gasteiger partial charge is 0.321 e. The van der Waals surface area contributed by atoms with Crippen molar-refractivity contribution in [1.82, 2.24) is 4.98 Å². The number of nitrogens with two attached hydrogens (primary N) is 1. The van der Waals surface area contributed by atoms with Crippen molar-refractivity contribution in [1.29, 1.82) is 0 Å². The van der Waals surface area contributed by atoms with Crippen molar-refractivity contribution in [2.45, 2.75) is 18.9 Å². The van der Waals surface area contributed by atoms with Gasteiger partial charge in [-0.2, -0.15) is 0 Å². The van der Waals surface area contributed by atoms with Crippen LogP contribution in [0.1, 0.15) is 17.2 Å². The van der Waals surface area contributed by atoms with Crippen molar-refractivity contribution in [3.05, 3.63) is 48.2 Å². The monoisotopic (exact) mass is 244 g/mol. The Kier molecular flexibility index (Phi) is 3.21. The zero-order valence-electron chi connectivity index (χ0n) is 10.2. The lowest BCUT2D eigenvalue weighted by atomic mass is 9.90. The molecular formula is C14H16N2O2. The Bertz CT molecular complexity index is 601. The van der Waals surface area contributed by atoms with Crippen molar-refractivity contribution in [2.75, 3.05) is 0 Å². The molecule has 0 amide bonds. The van der Waals surface area contributed by atoms with E-state index in [0.717, 1.165) is 22.2 Å². The number of carbonyl (C=O) groups is 1. The number of H-pyrrole nitrogens is 1. The van der Waals surface area contributed by atoms with E-state index in [4.69, 9.17) is 10.8 Å². The van der Waals surface area contributed by atoms with Crippen molar-refractivity contribution in [2.24, 2.45) is 5.73 Å². The summed E-state index contributed by atoms with van der Waals surface area (Å²) in [6, 6.07) is 6.78. The van der Waals surface area contributed by atoms with E-state index in [-0.39, 0.29) is 0 Å². The number of carboxylic acid groups (broad SMARTS) is 1. The first kappa shape index (κ1) is 12.4. The highest BCUT2D eigenvalue weighted by molar-refractivity contribution is 5.87. The molecule has 2 atom stereocenters. The molecule has 4 nitrogen and oxygen atoms in total. The number of fused-ring (bicyclic) bond motifs is 1. The molecule has 0 bridgehead atoms. The van der Waals surface area contributed by atoms with Gasteiger partial charge in [-0.3, -0.25) is 4.79 Å². The standard InChI is InChI=1S/C14H16N2O2/c1-3-9(13(15)14(17)18)12-8(2)16-11-7-5-4-6-10(11)12/h3-7,9,13,16H,1,15H2,2H3,(H,17,18)/t9-,13-/m0/s1. The zero-order chi connectivity index (χ0) is 13.3. The molecule has 4 N–H and O–H groups in total. The number of rotatable bonds is 4. The van der Waals surface area contributed by atoms with E-state index < -0.39 is 17.9 Å². The Labute approximate surface area is 105 Å². The third-order valence-electron chi connectivity index (χ3n) is 3.20. The van der Waals surface area contributed by atoms with Crippen LogP contribution in [0.25, 0.3) is 10.9 Å². The van der Waals surface area contributed by atoms with Crippen LogP contribution in [-0.4, -0.2) is 22.1 Å². The van der Waals surface area contributed by atoms with E-state index in [1.165, 1.54) is 0 Å². The average molecular weight is 244 g/mol. The molecule has 4 heteroatoms. The summed E-state index contributed by atoms with van der Waals surface area (Å²) in [6.07, 6.45) is 1.60. The van der Waals surface area contributed by atoms with Gasteiger partial charge in [0.1, 0.15) is 6.04 Å². The van der Waals surface area contributed by atoms with Gasteiger partial charge < -0.3 is 15.8 Å². The SMILES string of the molecule is C=C[C@@H](c1c(C)[nH]c2ccccc12)[C@H](N)C(=O)O. The molecule has 0 spiro atoms. The van der Waals surface area contributed by atoms with Crippen LogP contribution in [0.5, 0.6) is 0 Å². The first-order chi connectivity index (χ1) is 8.56. The van der Waals surface area contributed by atoms with E-state index in [1.54, 1.807) is 6.08 Å². The number of benzene rings is 1. The van der Waals surface area contributed by atoms with E-state index in [2.05, 4.69) is 11.6 Å². The molecule has 1 aromatic heterocycles. The summed E-state index contributed by atoms with van der Waals surface area (Å²) in [5, 5.41) is 10.1. The van der Waals surface area contributed by atoms with Crippen LogP contribution in [0.15, 0.2) is 36.9 Å². The van der Waals surface area contributed by atoms with Crippen LogP contribution in [0, 0.1) is 6.92 Å². The summed E-state index contributed by atoms with van der Waals surface area (Å²) in [5.74, 6) is -1.43. The Balaban J connectivity index is 2.61. The third kappa shape index (κ3) is 1.91. The molecule has 18 heavy (non-hydrogen) atoms. The van der Waals surface area contributed by atoms with Gasteiger partial charge in [-0.15, -0.1) is 6.58 Å². The van der Waals surface area contributed by atoms with Crippen molar-refractivity contribution < 1.29 is 9.90 Å². The van der Waals surface area contributed by atoms with Crippen LogP contribution in [0.2, 0.25) is 0 Å². The lowest BCUT2D eigenvalue weighted by Crippen LogP contribution is -2.35. The molecule has 0 aliphatic rings. The molecule has 0 saturated heterocycles. The molecule has 1 aromatic carbocycles. The van der Waals surface area contributed by atoms with Gasteiger partial charge in [0.2, 0.25) is 0 Å². The van der Waals surface area contributed by atoms with Gasteiger partial charge in [0, 0.05) is 22.5 Å². The highest BCUT2D eigenvalue weighted by Crippen LogP contribution is 2.31. The summed E-state index contributed by atoms with van der Waals surface area (Å²) >= 11 is 0. The fourth-order valence-electron chi connectivity index (χ4n) is 2.33. The second kappa shape index (κ2) is 4.66. The second-order valence-corrected chi connectivity index (χ2v) is 4.33. The predicted molar refractivity (Wildman–Crippen MR) is 71.6 cm³/mol. The molecule has 0 aliphatic heterocycles. The van der Waals surface area contributed by atoms with E-state index in [9.17, 15) is 4.79 Å². The molecule has 2 rings (SSSR count). The van der Waals surface area contributed by atoms with Gasteiger partial charge in [-0.25, -0.2) is 0 Å². The Morgan fingerprint density at radius 2 is 2.17 bits per heavy atom. The van der Waals surface area contributed by atoms with Crippen LogP contribution >= 0.6 is 0 Å². The Hall–Kier alpha value is -2.07. The fourth-order valence-corrected chi connectivity index (χ4v) is 2.33. The number of aryl methyl sites for hydroxylation is 1.